The first kappa shape index (κ1) is 35.9. The van der Waals surface area contributed by atoms with Crippen LogP contribution in [0, 0.1) is 17.8 Å². The van der Waals surface area contributed by atoms with Gasteiger partial charge in [-0.2, -0.15) is 0 Å². The van der Waals surface area contributed by atoms with Crippen molar-refractivity contribution < 1.29 is 0 Å². The third kappa shape index (κ3) is 6.21. The number of fused-ring (bicyclic) bond motifs is 4. The molecule has 6 unspecified atom stereocenters. The Morgan fingerprint density at radius 3 is 2.10 bits per heavy atom. The molecule has 0 bridgehead atoms. The fraction of sp³-hybridized carbons (Fsp3) is 0.193. The van der Waals surface area contributed by atoms with Gasteiger partial charge in [-0.1, -0.05) is 200 Å². The summed E-state index contributed by atoms with van der Waals surface area (Å²) < 4.78 is 0. The molecule has 0 radical (unpaired) electrons. The van der Waals surface area contributed by atoms with E-state index in [4.69, 9.17) is 0 Å². The van der Waals surface area contributed by atoms with Crippen molar-refractivity contribution in [3.05, 3.63) is 268 Å². The topological polar surface area (TPSA) is 24.1 Å². The molecule has 1 aliphatic heterocycles. The molecule has 4 aromatic carbocycles. The third-order valence-electron chi connectivity index (χ3n) is 13.7. The number of nitrogens with one attached hydrogen (secondary N) is 2. The summed E-state index contributed by atoms with van der Waals surface area (Å²) in [6.45, 7) is 0. The van der Waals surface area contributed by atoms with Gasteiger partial charge < -0.3 is 5.32 Å². The second-order valence-electron chi connectivity index (χ2n) is 17.0. The van der Waals surface area contributed by atoms with E-state index in [2.05, 4.69) is 217 Å². The second-order valence-corrected chi connectivity index (χ2v) is 17.0. The molecule has 0 spiro atoms. The molecule has 0 saturated carbocycles. The lowest BCUT2D eigenvalue weighted by Gasteiger charge is -2.39. The van der Waals surface area contributed by atoms with Crippen molar-refractivity contribution in [3.63, 3.8) is 0 Å². The molecule has 0 aromatic heterocycles. The second kappa shape index (κ2) is 15.2. The van der Waals surface area contributed by atoms with E-state index >= 15 is 0 Å². The molecular weight excluding hydrogens is 713 g/mol. The van der Waals surface area contributed by atoms with Crippen LogP contribution in [0.3, 0.4) is 0 Å². The van der Waals surface area contributed by atoms with Gasteiger partial charge in [0, 0.05) is 29.4 Å². The summed E-state index contributed by atoms with van der Waals surface area (Å²) in [5, 5.41) is 7.87. The average molecular weight is 763 g/mol. The molecule has 2 N–H and O–H groups in total. The van der Waals surface area contributed by atoms with Crippen molar-refractivity contribution in [1.29, 1.82) is 0 Å². The van der Waals surface area contributed by atoms with Gasteiger partial charge in [-0.3, -0.25) is 5.32 Å². The largest absolute Gasteiger partial charge is 0.369 e. The number of benzene rings is 4. The molecule has 2 heteroatoms. The summed E-state index contributed by atoms with van der Waals surface area (Å²) in [6, 6.07) is 41.2. The highest BCUT2D eigenvalue weighted by molar-refractivity contribution is 5.98. The van der Waals surface area contributed by atoms with E-state index in [1.807, 2.05) is 0 Å². The molecule has 4 aromatic rings. The summed E-state index contributed by atoms with van der Waals surface area (Å²) >= 11 is 0. The molecule has 0 amide bonds. The van der Waals surface area contributed by atoms with Crippen LogP contribution in [0.2, 0.25) is 0 Å². The molecule has 11 rings (SSSR count). The van der Waals surface area contributed by atoms with E-state index in [1.54, 1.807) is 0 Å². The Kier molecular flexibility index (Phi) is 9.24. The lowest BCUT2D eigenvalue weighted by Crippen LogP contribution is -2.49. The van der Waals surface area contributed by atoms with Crippen molar-refractivity contribution in [2.75, 3.05) is 0 Å². The summed E-state index contributed by atoms with van der Waals surface area (Å²) in [4.78, 5) is 0. The number of allylic oxidation sites excluding steroid dienone is 18. The Morgan fingerprint density at radius 1 is 0.627 bits per heavy atom. The number of rotatable bonds is 7. The Labute approximate surface area is 349 Å². The maximum atomic E-state index is 3.95. The zero-order chi connectivity index (χ0) is 39.2. The fourth-order valence-corrected chi connectivity index (χ4v) is 10.9. The minimum absolute atomic E-state index is 0.0246. The van der Waals surface area contributed by atoms with Crippen molar-refractivity contribution in [2.24, 2.45) is 17.8 Å². The minimum Gasteiger partial charge on any atom is -0.369 e. The van der Waals surface area contributed by atoms with Crippen molar-refractivity contribution in [2.45, 2.75) is 49.2 Å². The van der Waals surface area contributed by atoms with Crippen molar-refractivity contribution in [3.8, 4) is 0 Å². The van der Waals surface area contributed by atoms with E-state index in [1.165, 1.54) is 66.9 Å². The monoisotopic (exact) mass is 762 g/mol. The molecule has 2 nitrogen and oxygen atoms in total. The zero-order valence-electron chi connectivity index (χ0n) is 33.4. The van der Waals surface area contributed by atoms with Crippen LogP contribution >= 0.6 is 0 Å². The summed E-state index contributed by atoms with van der Waals surface area (Å²) in [5.74, 6) is 1.25. The highest BCUT2D eigenvalue weighted by Crippen LogP contribution is 2.62. The molecule has 0 saturated heterocycles. The van der Waals surface area contributed by atoms with Gasteiger partial charge in [0.25, 0.3) is 0 Å². The molecule has 288 valence electrons. The Bertz CT molecular complexity index is 2580. The average Bonchev–Trinajstić information content (AvgIpc) is 3.61. The van der Waals surface area contributed by atoms with Crippen LogP contribution in [0.25, 0.3) is 5.57 Å². The van der Waals surface area contributed by atoms with Crippen LogP contribution in [0.15, 0.2) is 234 Å². The fourth-order valence-electron chi connectivity index (χ4n) is 10.9. The van der Waals surface area contributed by atoms with Crippen LogP contribution in [-0.4, -0.2) is 6.17 Å². The molecule has 6 atom stereocenters. The first-order valence-corrected chi connectivity index (χ1v) is 21.7. The zero-order valence-corrected chi connectivity index (χ0v) is 33.4. The van der Waals surface area contributed by atoms with Crippen LogP contribution in [0.1, 0.15) is 71.0 Å². The third-order valence-corrected chi connectivity index (χ3v) is 13.7. The van der Waals surface area contributed by atoms with Gasteiger partial charge in [-0.25, -0.2) is 0 Å². The molecule has 0 fully saturated rings. The Morgan fingerprint density at radius 2 is 1.39 bits per heavy atom. The van der Waals surface area contributed by atoms with Crippen molar-refractivity contribution in [1.82, 2.24) is 10.6 Å². The number of hydrogen-bond donors (Lipinski definition) is 2. The van der Waals surface area contributed by atoms with Gasteiger partial charge in [0.05, 0.1) is 11.5 Å². The lowest BCUT2D eigenvalue weighted by atomic mass is 9.63. The van der Waals surface area contributed by atoms with Gasteiger partial charge in [0.2, 0.25) is 0 Å². The standard InChI is InChI=1S/C57H50N2/c1-6-18-40(19-7-1)52-38-53(41-20-8-2-9-21-41)59-56(58-52)43-32-30-39(31-33-43)44-34-35-49-50(36-44)57(46-25-12-4-13-26-46,47-27-14-5-15-28-47)51-37-45-24-16-17-29-48(45)54(55(49)51)42-22-10-3-11-23-42/h1-10,12-20,22,24-30,32-39,41,45,48,52,56,58-59H,11,21,23,31H2. The van der Waals surface area contributed by atoms with E-state index in [9.17, 15) is 0 Å². The van der Waals surface area contributed by atoms with Crippen molar-refractivity contribution >= 4 is 5.57 Å². The first-order valence-electron chi connectivity index (χ1n) is 21.7. The van der Waals surface area contributed by atoms with E-state index in [0.29, 0.717) is 17.8 Å². The Balaban J connectivity index is 1.01. The lowest BCUT2D eigenvalue weighted by molar-refractivity contribution is 0.428. The van der Waals surface area contributed by atoms with Gasteiger partial charge in [0.1, 0.15) is 6.17 Å². The maximum Gasteiger partial charge on any atom is 0.103 e. The summed E-state index contributed by atoms with van der Waals surface area (Å²) in [7, 11) is 0. The van der Waals surface area contributed by atoms with E-state index in [0.717, 1.165) is 25.7 Å². The normalized spacial score (nSPS) is 27.2. The highest BCUT2D eigenvalue weighted by Gasteiger charge is 2.52. The van der Waals surface area contributed by atoms with Crippen LogP contribution in [0.4, 0.5) is 0 Å². The highest BCUT2D eigenvalue weighted by atomic mass is 15.2. The van der Waals surface area contributed by atoms with Crippen LogP contribution < -0.4 is 10.6 Å². The van der Waals surface area contributed by atoms with E-state index < -0.39 is 5.41 Å². The Hall–Kier alpha value is -6.22. The number of hydrogen-bond acceptors (Lipinski definition) is 2. The molecular formula is C57H50N2. The van der Waals surface area contributed by atoms with Crippen LogP contribution in [-0.2, 0) is 5.41 Å². The van der Waals surface area contributed by atoms with E-state index in [-0.39, 0.29) is 18.1 Å². The first-order chi connectivity index (χ1) is 29.3. The summed E-state index contributed by atoms with van der Waals surface area (Å²) in [6.07, 6.45) is 41.8. The van der Waals surface area contributed by atoms with Gasteiger partial charge in [0.15, 0.2) is 0 Å². The molecule has 6 aliphatic carbocycles. The maximum absolute atomic E-state index is 3.95. The quantitative estimate of drug-likeness (QED) is 0.196. The smallest absolute Gasteiger partial charge is 0.103 e. The summed E-state index contributed by atoms with van der Waals surface area (Å²) in [5.41, 5.74) is 16.1. The molecule has 7 aliphatic rings. The van der Waals surface area contributed by atoms with Gasteiger partial charge in [-0.05, 0) is 93.0 Å². The van der Waals surface area contributed by atoms with Crippen LogP contribution in [0.5, 0.6) is 0 Å². The molecule has 1 heterocycles. The predicted molar refractivity (Wildman–Crippen MR) is 244 cm³/mol. The van der Waals surface area contributed by atoms with Gasteiger partial charge in [-0.15, -0.1) is 0 Å². The predicted octanol–water partition coefficient (Wildman–Crippen LogP) is 12.6. The SMILES string of the molecule is C1=CCCC(C2=C3C(=CC4C=CC=CC24)C(c2ccccc2)(c2ccccc2)c2cc(C4C=CC(C5NC(C6C=CC=CC6)=CC(c6ccccc6)N5)=CC4)ccc23)=C1. The minimum atomic E-state index is -0.452. The van der Waals surface area contributed by atoms with Gasteiger partial charge >= 0.3 is 0 Å². The molecule has 59 heavy (non-hydrogen) atoms.